The van der Waals surface area contributed by atoms with Crippen LogP contribution in [0.15, 0.2) is 12.4 Å². The van der Waals surface area contributed by atoms with Gasteiger partial charge in [0.25, 0.3) is 5.91 Å². The molecule has 1 aromatic rings. The molecule has 3 rings (SSSR count). The summed E-state index contributed by atoms with van der Waals surface area (Å²) in [5, 5.41) is 0. The lowest BCUT2D eigenvalue weighted by molar-refractivity contribution is 0.0541. The molecule has 2 heterocycles. The van der Waals surface area contributed by atoms with Crippen LogP contribution in [-0.2, 0) is 4.74 Å². The van der Waals surface area contributed by atoms with Crippen LogP contribution < -0.4 is 0 Å². The van der Waals surface area contributed by atoms with Crippen molar-refractivity contribution in [1.29, 1.82) is 0 Å². The number of hydrogen-bond donors (Lipinski definition) is 0. The number of methoxy groups -OCH3 is 1. The van der Waals surface area contributed by atoms with Gasteiger partial charge in [0.15, 0.2) is 0 Å². The van der Waals surface area contributed by atoms with Crippen molar-refractivity contribution in [3.63, 3.8) is 0 Å². The van der Waals surface area contributed by atoms with Gasteiger partial charge in [0.05, 0.1) is 24.0 Å². The molecule has 3 atom stereocenters. The van der Waals surface area contributed by atoms with Crippen molar-refractivity contribution in [2.75, 3.05) is 13.7 Å². The maximum Gasteiger partial charge on any atom is 0.274 e. The summed E-state index contributed by atoms with van der Waals surface area (Å²) >= 11 is 0. The zero-order valence-electron chi connectivity index (χ0n) is 10.7. The molecule has 96 valence electrons. The van der Waals surface area contributed by atoms with Gasteiger partial charge >= 0.3 is 0 Å². The highest BCUT2D eigenvalue weighted by Gasteiger charge is 2.49. The predicted molar refractivity (Wildman–Crippen MR) is 65.1 cm³/mol. The van der Waals surface area contributed by atoms with Crippen LogP contribution in [0.1, 0.15) is 29.0 Å². The van der Waals surface area contributed by atoms with E-state index in [1.165, 1.54) is 0 Å². The molecule has 1 aliphatic carbocycles. The van der Waals surface area contributed by atoms with Crippen LogP contribution in [0.3, 0.4) is 0 Å². The van der Waals surface area contributed by atoms with E-state index < -0.39 is 0 Å². The van der Waals surface area contributed by atoms with E-state index in [-0.39, 0.29) is 18.1 Å². The minimum absolute atomic E-state index is 0.0169. The largest absolute Gasteiger partial charge is 0.379 e. The zero-order chi connectivity index (χ0) is 12.7. The minimum atomic E-state index is -0.0169. The number of aromatic nitrogens is 2. The molecule has 0 radical (unpaired) electrons. The highest BCUT2D eigenvalue weighted by atomic mass is 16.5. The highest BCUT2D eigenvalue weighted by Crippen LogP contribution is 2.39. The SMILES string of the molecule is CO[C@H]1[C@H]2CC[C@H]1N(C(=O)c1cnc(C)cn1)C2. The highest BCUT2D eigenvalue weighted by molar-refractivity contribution is 5.92. The first-order chi connectivity index (χ1) is 8.70. The lowest BCUT2D eigenvalue weighted by Gasteiger charge is -2.26. The molecule has 2 bridgehead atoms. The third-order valence-corrected chi connectivity index (χ3v) is 4.04. The normalized spacial score (nSPS) is 29.9. The number of aryl methyl sites for hydroxylation is 1. The molecule has 1 saturated carbocycles. The second-order valence-electron chi connectivity index (χ2n) is 5.11. The van der Waals surface area contributed by atoms with Gasteiger partial charge in [0.2, 0.25) is 0 Å². The number of fused-ring (bicyclic) bond motifs is 2. The summed E-state index contributed by atoms with van der Waals surface area (Å²) in [7, 11) is 1.73. The number of carbonyl (C=O) groups excluding carboxylic acids is 1. The van der Waals surface area contributed by atoms with Crippen LogP contribution in [0.5, 0.6) is 0 Å². The van der Waals surface area contributed by atoms with E-state index >= 15 is 0 Å². The van der Waals surface area contributed by atoms with E-state index in [9.17, 15) is 4.79 Å². The number of carbonyl (C=O) groups is 1. The molecule has 2 fully saturated rings. The van der Waals surface area contributed by atoms with Crippen LogP contribution in [-0.4, -0.2) is 46.6 Å². The van der Waals surface area contributed by atoms with Crippen LogP contribution in [0, 0.1) is 12.8 Å². The second-order valence-corrected chi connectivity index (χ2v) is 5.11. The number of rotatable bonds is 2. The molecular weight excluding hydrogens is 230 g/mol. The predicted octanol–water partition coefficient (Wildman–Crippen LogP) is 1.03. The molecule has 5 nitrogen and oxygen atoms in total. The van der Waals surface area contributed by atoms with Gasteiger partial charge in [-0.05, 0) is 19.8 Å². The van der Waals surface area contributed by atoms with Crippen molar-refractivity contribution >= 4 is 5.91 Å². The van der Waals surface area contributed by atoms with E-state index in [0.717, 1.165) is 25.1 Å². The molecule has 0 spiro atoms. The smallest absolute Gasteiger partial charge is 0.274 e. The van der Waals surface area contributed by atoms with E-state index in [2.05, 4.69) is 9.97 Å². The number of piperidine rings is 1. The molecule has 5 heteroatoms. The average molecular weight is 247 g/mol. The summed E-state index contributed by atoms with van der Waals surface area (Å²) in [5.41, 5.74) is 1.26. The van der Waals surface area contributed by atoms with Gasteiger partial charge in [-0.1, -0.05) is 0 Å². The number of likely N-dealkylation sites (tertiary alicyclic amines) is 1. The van der Waals surface area contributed by atoms with E-state index in [1.807, 2.05) is 11.8 Å². The summed E-state index contributed by atoms with van der Waals surface area (Å²) in [6, 6.07) is 0.218. The van der Waals surface area contributed by atoms with Crippen molar-refractivity contribution in [3.8, 4) is 0 Å². The summed E-state index contributed by atoms with van der Waals surface area (Å²) in [6.45, 7) is 2.65. The maximum absolute atomic E-state index is 12.4. The summed E-state index contributed by atoms with van der Waals surface area (Å²) in [6.07, 6.45) is 5.59. The van der Waals surface area contributed by atoms with Crippen molar-refractivity contribution in [1.82, 2.24) is 14.9 Å². The zero-order valence-corrected chi connectivity index (χ0v) is 10.7. The number of hydrogen-bond acceptors (Lipinski definition) is 4. The van der Waals surface area contributed by atoms with Gasteiger partial charge in [0, 0.05) is 25.8 Å². The van der Waals surface area contributed by atoms with Gasteiger partial charge in [-0.25, -0.2) is 4.98 Å². The third kappa shape index (κ3) is 1.70. The molecule has 0 unspecified atom stereocenters. The average Bonchev–Trinajstić information content (AvgIpc) is 2.95. The van der Waals surface area contributed by atoms with Crippen LogP contribution in [0.4, 0.5) is 0 Å². The molecule has 2 aliphatic rings. The number of amides is 1. The fourth-order valence-corrected chi connectivity index (χ4v) is 3.18. The van der Waals surface area contributed by atoms with Crippen LogP contribution in [0.25, 0.3) is 0 Å². The fraction of sp³-hybridized carbons (Fsp3) is 0.615. The van der Waals surface area contributed by atoms with Crippen LogP contribution >= 0.6 is 0 Å². The fourth-order valence-electron chi connectivity index (χ4n) is 3.18. The van der Waals surface area contributed by atoms with Gasteiger partial charge < -0.3 is 9.64 Å². The topological polar surface area (TPSA) is 55.3 Å². The standard InChI is InChI=1S/C13H17N3O2/c1-8-5-15-10(6-14-8)13(17)16-7-9-3-4-11(16)12(9)18-2/h5-6,9,11-12H,3-4,7H2,1-2H3/t9-,11+,12-/m0/s1. The van der Waals surface area contributed by atoms with Gasteiger partial charge in [-0.2, -0.15) is 0 Å². The Bertz CT molecular complexity index is 460. The Hall–Kier alpha value is -1.49. The first kappa shape index (κ1) is 11.6. The molecule has 1 aromatic heterocycles. The Morgan fingerprint density at radius 2 is 2.22 bits per heavy atom. The first-order valence-electron chi connectivity index (χ1n) is 6.33. The van der Waals surface area contributed by atoms with E-state index in [0.29, 0.717) is 11.6 Å². The van der Waals surface area contributed by atoms with Gasteiger partial charge in [-0.15, -0.1) is 0 Å². The lowest BCUT2D eigenvalue weighted by Crippen LogP contribution is -2.40. The monoisotopic (exact) mass is 247 g/mol. The lowest BCUT2D eigenvalue weighted by atomic mass is 10.1. The van der Waals surface area contributed by atoms with Crippen molar-refractivity contribution in [3.05, 3.63) is 23.8 Å². The first-order valence-corrected chi connectivity index (χ1v) is 6.33. The quantitative estimate of drug-likeness (QED) is 0.783. The van der Waals surface area contributed by atoms with Crippen LogP contribution in [0.2, 0.25) is 0 Å². The molecular formula is C13H17N3O2. The van der Waals surface area contributed by atoms with Crippen molar-refractivity contribution in [2.24, 2.45) is 5.92 Å². The molecule has 1 amide bonds. The molecule has 1 aliphatic heterocycles. The Labute approximate surface area is 106 Å². The summed E-state index contributed by atoms with van der Waals surface area (Å²) in [5.74, 6) is 0.471. The molecule has 1 saturated heterocycles. The third-order valence-electron chi connectivity index (χ3n) is 4.04. The van der Waals surface area contributed by atoms with Gasteiger partial charge in [-0.3, -0.25) is 9.78 Å². The molecule has 0 N–H and O–H groups in total. The number of nitrogens with zero attached hydrogens (tertiary/aromatic N) is 3. The Morgan fingerprint density at radius 3 is 2.83 bits per heavy atom. The Morgan fingerprint density at radius 1 is 1.39 bits per heavy atom. The summed E-state index contributed by atoms with van der Waals surface area (Å²) < 4.78 is 5.50. The Balaban J connectivity index is 1.80. The van der Waals surface area contributed by atoms with Gasteiger partial charge in [0.1, 0.15) is 5.69 Å². The second kappa shape index (κ2) is 4.31. The number of ether oxygens (including phenoxy) is 1. The summed E-state index contributed by atoms with van der Waals surface area (Å²) in [4.78, 5) is 22.6. The Kier molecular flexibility index (Phi) is 2.78. The van der Waals surface area contributed by atoms with Crippen molar-refractivity contribution in [2.45, 2.75) is 31.9 Å². The molecule has 0 aromatic carbocycles. The van der Waals surface area contributed by atoms with Crippen molar-refractivity contribution < 1.29 is 9.53 Å². The van der Waals surface area contributed by atoms with E-state index in [1.54, 1.807) is 19.5 Å². The van der Waals surface area contributed by atoms with E-state index in [4.69, 9.17) is 4.74 Å². The minimum Gasteiger partial charge on any atom is -0.379 e. The molecule has 18 heavy (non-hydrogen) atoms. The maximum atomic E-state index is 12.4.